The lowest BCUT2D eigenvalue weighted by molar-refractivity contribution is 0.0950. The summed E-state index contributed by atoms with van der Waals surface area (Å²) < 4.78 is 19.7. The zero-order chi connectivity index (χ0) is 15.9. The number of nitrogens with one attached hydrogen (secondary N) is 1. The lowest BCUT2D eigenvalue weighted by Crippen LogP contribution is -2.23. The minimum atomic E-state index is -0.350. The van der Waals surface area contributed by atoms with Gasteiger partial charge in [0.2, 0.25) is 0 Å². The van der Waals surface area contributed by atoms with Crippen molar-refractivity contribution in [3.05, 3.63) is 76.5 Å². The number of amides is 1. The van der Waals surface area contributed by atoms with Crippen LogP contribution in [0.4, 0.5) is 4.39 Å². The van der Waals surface area contributed by atoms with Gasteiger partial charge in [-0.25, -0.2) is 4.39 Å². The molecule has 3 nitrogen and oxygen atoms in total. The van der Waals surface area contributed by atoms with Gasteiger partial charge in [0.05, 0.1) is 0 Å². The van der Waals surface area contributed by atoms with E-state index in [1.807, 2.05) is 0 Å². The van der Waals surface area contributed by atoms with E-state index in [-0.39, 0.29) is 18.3 Å². The largest absolute Gasteiger partial charge is 0.490 e. The van der Waals surface area contributed by atoms with Gasteiger partial charge in [0.1, 0.15) is 18.2 Å². The van der Waals surface area contributed by atoms with Crippen LogP contribution in [0.1, 0.15) is 15.9 Å². The molecule has 0 atom stereocenters. The van der Waals surface area contributed by atoms with Gasteiger partial charge >= 0.3 is 0 Å². The van der Waals surface area contributed by atoms with Crippen LogP contribution in [0.2, 0.25) is 0 Å². The van der Waals surface area contributed by atoms with Crippen LogP contribution in [0.5, 0.6) is 5.75 Å². The lowest BCUT2D eigenvalue weighted by atomic mass is 10.2. The topological polar surface area (TPSA) is 38.3 Å². The van der Waals surface area contributed by atoms with Crippen LogP contribution in [-0.4, -0.2) is 12.5 Å². The Hall–Kier alpha value is -2.14. The van der Waals surface area contributed by atoms with E-state index in [4.69, 9.17) is 4.74 Å². The molecule has 2 aromatic rings. The van der Waals surface area contributed by atoms with Gasteiger partial charge in [-0.2, -0.15) is 0 Å². The fourth-order valence-corrected chi connectivity index (χ4v) is 2.22. The van der Waals surface area contributed by atoms with Gasteiger partial charge in [-0.3, -0.25) is 4.79 Å². The summed E-state index contributed by atoms with van der Waals surface area (Å²) in [6, 6.07) is 11.3. The van der Waals surface area contributed by atoms with Crippen molar-refractivity contribution in [1.82, 2.24) is 5.32 Å². The lowest BCUT2D eigenvalue weighted by Gasteiger charge is -2.08. The third-order valence-electron chi connectivity index (χ3n) is 2.93. The highest BCUT2D eigenvalue weighted by Gasteiger charge is 2.08. The van der Waals surface area contributed by atoms with Crippen LogP contribution in [0.15, 0.2) is 59.6 Å². The van der Waals surface area contributed by atoms with E-state index in [9.17, 15) is 9.18 Å². The standard InChI is InChI=1S/C17H15BrFNO2/c1-2-9-22-15-6-3-12(4-7-15)17(21)20-11-13-10-14(18)5-8-16(13)19/h2-8,10H,1,9,11H2,(H,20,21). The van der Waals surface area contributed by atoms with Gasteiger partial charge in [0, 0.05) is 22.1 Å². The predicted molar refractivity (Wildman–Crippen MR) is 87.4 cm³/mol. The van der Waals surface area contributed by atoms with E-state index < -0.39 is 0 Å². The molecule has 0 aromatic heterocycles. The Kier molecular flexibility index (Phi) is 5.72. The molecular weight excluding hydrogens is 349 g/mol. The summed E-state index contributed by atoms with van der Waals surface area (Å²) >= 11 is 3.28. The summed E-state index contributed by atoms with van der Waals surface area (Å²) in [4.78, 5) is 12.0. The van der Waals surface area contributed by atoms with E-state index in [0.29, 0.717) is 23.5 Å². The molecule has 0 aliphatic carbocycles. The van der Waals surface area contributed by atoms with Gasteiger partial charge < -0.3 is 10.1 Å². The van der Waals surface area contributed by atoms with Crippen molar-refractivity contribution >= 4 is 21.8 Å². The number of carbonyl (C=O) groups is 1. The molecule has 5 heteroatoms. The Balaban J connectivity index is 1.97. The molecule has 2 aromatic carbocycles. The monoisotopic (exact) mass is 363 g/mol. The summed E-state index contributed by atoms with van der Waals surface area (Å²) in [5.41, 5.74) is 0.912. The molecule has 0 spiro atoms. The highest BCUT2D eigenvalue weighted by Crippen LogP contribution is 2.16. The van der Waals surface area contributed by atoms with E-state index in [1.54, 1.807) is 42.5 Å². The van der Waals surface area contributed by atoms with Crippen LogP contribution >= 0.6 is 15.9 Å². The van der Waals surface area contributed by atoms with Crippen LogP contribution in [0.25, 0.3) is 0 Å². The first-order valence-electron chi connectivity index (χ1n) is 6.66. The molecule has 0 aliphatic heterocycles. The number of rotatable bonds is 6. The number of hydrogen-bond acceptors (Lipinski definition) is 2. The molecule has 0 fully saturated rings. The van der Waals surface area contributed by atoms with Crippen molar-refractivity contribution in [1.29, 1.82) is 0 Å². The molecule has 0 heterocycles. The maximum absolute atomic E-state index is 13.6. The van der Waals surface area contributed by atoms with Crippen molar-refractivity contribution < 1.29 is 13.9 Å². The van der Waals surface area contributed by atoms with Crippen LogP contribution in [0, 0.1) is 5.82 Å². The van der Waals surface area contributed by atoms with Gasteiger partial charge in [-0.15, -0.1) is 0 Å². The van der Waals surface area contributed by atoms with Crippen molar-refractivity contribution in [2.75, 3.05) is 6.61 Å². The van der Waals surface area contributed by atoms with Crippen molar-refractivity contribution in [3.8, 4) is 5.75 Å². The molecule has 0 saturated heterocycles. The zero-order valence-corrected chi connectivity index (χ0v) is 13.4. The zero-order valence-electron chi connectivity index (χ0n) is 11.8. The Labute approximate surface area is 136 Å². The molecule has 1 amide bonds. The third kappa shape index (κ3) is 4.43. The number of halogens is 2. The minimum absolute atomic E-state index is 0.124. The van der Waals surface area contributed by atoms with E-state index in [0.717, 1.165) is 4.47 Å². The Morgan fingerprint density at radius 1 is 1.27 bits per heavy atom. The van der Waals surface area contributed by atoms with Gasteiger partial charge in [0.15, 0.2) is 0 Å². The van der Waals surface area contributed by atoms with E-state index in [1.165, 1.54) is 6.07 Å². The van der Waals surface area contributed by atoms with Gasteiger partial charge in [-0.1, -0.05) is 28.6 Å². The smallest absolute Gasteiger partial charge is 0.251 e. The first-order valence-corrected chi connectivity index (χ1v) is 7.45. The quantitative estimate of drug-likeness (QED) is 0.785. The van der Waals surface area contributed by atoms with Crippen LogP contribution in [0.3, 0.4) is 0 Å². The maximum Gasteiger partial charge on any atom is 0.251 e. The number of carbonyl (C=O) groups excluding carboxylic acids is 1. The average Bonchev–Trinajstić information content (AvgIpc) is 2.54. The molecular formula is C17H15BrFNO2. The molecule has 2 rings (SSSR count). The number of ether oxygens (including phenoxy) is 1. The number of benzene rings is 2. The van der Waals surface area contributed by atoms with Gasteiger partial charge in [-0.05, 0) is 42.5 Å². The molecule has 22 heavy (non-hydrogen) atoms. The first kappa shape index (κ1) is 16.2. The normalized spacial score (nSPS) is 10.1. The highest BCUT2D eigenvalue weighted by molar-refractivity contribution is 9.10. The fraction of sp³-hybridized carbons (Fsp3) is 0.118. The van der Waals surface area contributed by atoms with E-state index >= 15 is 0 Å². The summed E-state index contributed by atoms with van der Waals surface area (Å²) in [6.45, 7) is 4.10. The van der Waals surface area contributed by atoms with E-state index in [2.05, 4.69) is 27.8 Å². The van der Waals surface area contributed by atoms with Crippen LogP contribution < -0.4 is 10.1 Å². The highest BCUT2D eigenvalue weighted by atomic mass is 79.9. The van der Waals surface area contributed by atoms with Crippen LogP contribution in [-0.2, 0) is 6.54 Å². The number of hydrogen-bond donors (Lipinski definition) is 1. The fourth-order valence-electron chi connectivity index (χ4n) is 1.81. The Bertz CT molecular complexity index is 671. The molecule has 114 valence electrons. The predicted octanol–water partition coefficient (Wildman–Crippen LogP) is 4.08. The summed E-state index contributed by atoms with van der Waals surface area (Å²) in [6.07, 6.45) is 1.65. The maximum atomic E-state index is 13.6. The van der Waals surface area contributed by atoms with Gasteiger partial charge in [0.25, 0.3) is 5.91 Å². The molecule has 0 radical (unpaired) electrons. The minimum Gasteiger partial charge on any atom is -0.490 e. The first-order chi connectivity index (χ1) is 10.6. The van der Waals surface area contributed by atoms with Crippen molar-refractivity contribution in [2.45, 2.75) is 6.54 Å². The third-order valence-corrected chi connectivity index (χ3v) is 3.42. The Morgan fingerprint density at radius 2 is 2.00 bits per heavy atom. The second-order valence-corrected chi connectivity index (χ2v) is 5.46. The SMILES string of the molecule is C=CCOc1ccc(C(=O)NCc2cc(Br)ccc2F)cc1. The average molecular weight is 364 g/mol. The van der Waals surface area contributed by atoms with Crippen molar-refractivity contribution in [3.63, 3.8) is 0 Å². The molecule has 0 bridgehead atoms. The summed E-state index contributed by atoms with van der Waals surface area (Å²) in [7, 11) is 0. The second-order valence-electron chi connectivity index (χ2n) is 4.54. The molecule has 0 saturated carbocycles. The summed E-state index contributed by atoms with van der Waals surface area (Å²) in [5, 5.41) is 2.69. The summed E-state index contributed by atoms with van der Waals surface area (Å²) in [5.74, 6) is 0.0424. The molecule has 0 aliphatic rings. The Morgan fingerprint density at radius 3 is 2.68 bits per heavy atom. The second kappa shape index (κ2) is 7.75. The van der Waals surface area contributed by atoms with Crippen molar-refractivity contribution in [2.24, 2.45) is 0 Å². The molecule has 1 N–H and O–H groups in total. The molecule has 0 unspecified atom stereocenters.